The third kappa shape index (κ3) is 1.47. The molecule has 2 N–H and O–H groups in total. The summed E-state index contributed by atoms with van der Waals surface area (Å²) in [5.74, 6) is 0.469. The van der Waals surface area contributed by atoms with Crippen molar-refractivity contribution in [1.82, 2.24) is 0 Å². The van der Waals surface area contributed by atoms with Crippen LogP contribution in [0, 0.1) is 0 Å². The van der Waals surface area contributed by atoms with Gasteiger partial charge in [-0.3, -0.25) is 0 Å². The molecule has 0 saturated carbocycles. The smallest absolute Gasteiger partial charge is 0.0345 e. The summed E-state index contributed by atoms with van der Waals surface area (Å²) in [5, 5.41) is 3.59. The Morgan fingerprint density at radius 1 is 1.38 bits per heavy atom. The highest BCUT2D eigenvalue weighted by atomic mass is 32.1. The molecule has 2 rings (SSSR count). The fraction of sp³-hybridized carbons (Fsp3) is 0.273. The van der Waals surface area contributed by atoms with E-state index in [-0.39, 0.29) is 0 Å². The van der Waals surface area contributed by atoms with Gasteiger partial charge in [-0.25, -0.2) is 0 Å². The molecule has 0 radical (unpaired) electrons. The molecule has 0 amide bonds. The van der Waals surface area contributed by atoms with E-state index in [4.69, 9.17) is 5.73 Å². The van der Waals surface area contributed by atoms with E-state index < -0.39 is 0 Å². The molecule has 1 atom stereocenters. The molecule has 0 bridgehead atoms. The van der Waals surface area contributed by atoms with E-state index >= 15 is 0 Å². The Balaban J connectivity index is 2.57. The Labute approximate surface area is 82.2 Å². The van der Waals surface area contributed by atoms with Crippen LogP contribution in [0.3, 0.4) is 0 Å². The van der Waals surface area contributed by atoms with Crippen molar-refractivity contribution < 1.29 is 0 Å². The second-order valence-electron chi connectivity index (χ2n) is 3.32. The molecule has 0 saturated heterocycles. The number of thiophene rings is 1. The minimum Gasteiger partial charge on any atom is -0.330 e. The van der Waals surface area contributed by atoms with Crippen molar-refractivity contribution in [3.63, 3.8) is 0 Å². The highest BCUT2D eigenvalue weighted by Crippen LogP contribution is 2.30. The fourth-order valence-corrected chi connectivity index (χ4v) is 2.59. The van der Waals surface area contributed by atoms with Crippen molar-refractivity contribution in [2.75, 3.05) is 6.54 Å². The zero-order valence-electron chi connectivity index (χ0n) is 7.66. The lowest BCUT2D eigenvalue weighted by molar-refractivity contribution is 0.783. The van der Waals surface area contributed by atoms with Gasteiger partial charge in [0.2, 0.25) is 0 Å². The van der Waals surface area contributed by atoms with E-state index in [0.29, 0.717) is 5.92 Å². The molecule has 1 aromatic carbocycles. The maximum Gasteiger partial charge on any atom is 0.0345 e. The Kier molecular flexibility index (Phi) is 2.34. The van der Waals surface area contributed by atoms with Gasteiger partial charge in [0.25, 0.3) is 0 Å². The van der Waals surface area contributed by atoms with Crippen molar-refractivity contribution in [2.24, 2.45) is 5.73 Å². The minimum atomic E-state index is 0.469. The summed E-state index contributed by atoms with van der Waals surface area (Å²) in [5.41, 5.74) is 7.05. The zero-order chi connectivity index (χ0) is 9.26. The molecule has 0 aliphatic heterocycles. The van der Waals surface area contributed by atoms with Gasteiger partial charge in [-0.2, -0.15) is 0 Å². The topological polar surface area (TPSA) is 26.0 Å². The van der Waals surface area contributed by atoms with Crippen molar-refractivity contribution >= 4 is 21.4 Å². The van der Waals surface area contributed by atoms with Gasteiger partial charge >= 0.3 is 0 Å². The molecule has 0 spiro atoms. The largest absolute Gasteiger partial charge is 0.330 e. The quantitative estimate of drug-likeness (QED) is 0.776. The van der Waals surface area contributed by atoms with Gasteiger partial charge < -0.3 is 5.73 Å². The van der Waals surface area contributed by atoms with Crippen LogP contribution >= 0.6 is 11.3 Å². The second-order valence-corrected chi connectivity index (χ2v) is 4.24. The first-order chi connectivity index (χ1) is 6.33. The van der Waals surface area contributed by atoms with Crippen LogP contribution in [0.5, 0.6) is 0 Å². The second kappa shape index (κ2) is 3.48. The van der Waals surface area contributed by atoms with Gasteiger partial charge in [0.05, 0.1) is 0 Å². The normalized spacial score (nSPS) is 13.4. The summed E-state index contributed by atoms with van der Waals surface area (Å²) in [6.07, 6.45) is 0. The van der Waals surface area contributed by atoms with Crippen molar-refractivity contribution in [1.29, 1.82) is 0 Å². The first-order valence-corrected chi connectivity index (χ1v) is 5.37. The third-order valence-electron chi connectivity index (χ3n) is 2.40. The van der Waals surface area contributed by atoms with Gasteiger partial charge in [-0.15, -0.1) is 11.3 Å². The first-order valence-electron chi connectivity index (χ1n) is 4.49. The molecule has 2 heteroatoms. The zero-order valence-corrected chi connectivity index (χ0v) is 8.47. The molecule has 0 fully saturated rings. The summed E-state index contributed by atoms with van der Waals surface area (Å²) in [4.78, 5) is 0. The minimum absolute atomic E-state index is 0.469. The highest BCUT2D eigenvalue weighted by Gasteiger charge is 2.08. The predicted molar refractivity (Wildman–Crippen MR) is 59.3 cm³/mol. The molecule has 13 heavy (non-hydrogen) atoms. The van der Waals surface area contributed by atoms with E-state index in [1.54, 1.807) is 11.3 Å². The van der Waals surface area contributed by atoms with E-state index in [2.05, 4.69) is 36.6 Å². The van der Waals surface area contributed by atoms with Crippen LogP contribution in [0.25, 0.3) is 10.1 Å². The van der Waals surface area contributed by atoms with Crippen molar-refractivity contribution in [3.05, 3.63) is 35.2 Å². The lowest BCUT2D eigenvalue weighted by atomic mass is 10.0. The standard InChI is InChI=1S/C11H13NS/c1-8(6-12)10-7-13-11-5-3-2-4-9(10)11/h2-5,7-8H,6,12H2,1H3. The highest BCUT2D eigenvalue weighted by molar-refractivity contribution is 7.17. The third-order valence-corrected chi connectivity index (χ3v) is 3.38. The van der Waals surface area contributed by atoms with Crippen molar-refractivity contribution in [3.8, 4) is 0 Å². The molecule has 1 nitrogen and oxygen atoms in total. The number of fused-ring (bicyclic) bond motifs is 1. The Morgan fingerprint density at radius 2 is 2.15 bits per heavy atom. The van der Waals surface area contributed by atoms with Crippen LogP contribution in [-0.2, 0) is 0 Å². The van der Waals surface area contributed by atoms with Gasteiger partial charge in [0.15, 0.2) is 0 Å². The maximum absolute atomic E-state index is 5.66. The molecule has 68 valence electrons. The molecule has 1 heterocycles. The first kappa shape index (κ1) is 8.73. The lowest BCUT2D eigenvalue weighted by Gasteiger charge is -2.06. The van der Waals surface area contributed by atoms with Crippen LogP contribution in [0.4, 0.5) is 0 Å². The summed E-state index contributed by atoms with van der Waals surface area (Å²) >= 11 is 1.80. The summed E-state index contributed by atoms with van der Waals surface area (Å²) in [7, 11) is 0. The number of hydrogen-bond donors (Lipinski definition) is 1. The Bertz CT molecular complexity index is 405. The molecule has 0 aliphatic rings. The van der Waals surface area contributed by atoms with Gasteiger partial charge in [-0.1, -0.05) is 25.1 Å². The molecule has 1 aromatic heterocycles. The number of rotatable bonds is 2. The van der Waals surface area contributed by atoms with E-state index in [9.17, 15) is 0 Å². The van der Waals surface area contributed by atoms with Crippen LogP contribution in [0.15, 0.2) is 29.6 Å². The van der Waals surface area contributed by atoms with E-state index in [1.807, 2.05) is 0 Å². The van der Waals surface area contributed by atoms with Crippen LogP contribution in [0.2, 0.25) is 0 Å². The molecular formula is C11H13NS. The van der Waals surface area contributed by atoms with Gasteiger partial charge in [0, 0.05) is 4.70 Å². The van der Waals surface area contributed by atoms with Gasteiger partial charge in [-0.05, 0) is 34.9 Å². The van der Waals surface area contributed by atoms with E-state index in [0.717, 1.165) is 6.54 Å². The number of benzene rings is 1. The van der Waals surface area contributed by atoms with Crippen LogP contribution < -0.4 is 5.73 Å². The molecule has 0 aliphatic carbocycles. The van der Waals surface area contributed by atoms with Crippen molar-refractivity contribution in [2.45, 2.75) is 12.8 Å². The van der Waals surface area contributed by atoms with Gasteiger partial charge in [0.1, 0.15) is 0 Å². The SMILES string of the molecule is CC(CN)c1csc2ccccc12. The Morgan fingerprint density at radius 3 is 2.92 bits per heavy atom. The average Bonchev–Trinajstić information content (AvgIpc) is 2.60. The van der Waals surface area contributed by atoms with Crippen LogP contribution in [-0.4, -0.2) is 6.54 Å². The predicted octanol–water partition coefficient (Wildman–Crippen LogP) is 2.96. The summed E-state index contributed by atoms with van der Waals surface area (Å²) < 4.78 is 1.36. The lowest BCUT2D eigenvalue weighted by Crippen LogP contribution is -2.07. The molecular weight excluding hydrogens is 178 g/mol. The molecule has 2 aromatic rings. The summed E-state index contributed by atoms with van der Waals surface area (Å²) in [6, 6.07) is 8.50. The van der Waals surface area contributed by atoms with E-state index in [1.165, 1.54) is 15.6 Å². The number of hydrogen-bond acceptors (Lipinski definition) is 2. The average molecular weight is 191 g/mol. The molecule has 1 unspecified atom stereocenters. The van der Waals surface area contributed by atoms with Crippen LogP contribution in [0.1, 0.15) is 18.4 Å². The summed E-state index contributed by atoms with van der Waals surface area (Å²) in [6.45, 7) is 2.90. The number of nitrogens with two attached hydrogens (primary N) is 1. The fourth-order valence-electron chi connectivity index (χ4n) is 1.51. The Hall–Kier alpha value is -0.860. The maximum atomic E-state index is 5.66. The monoisotopic (exact) mass is 191 g/mol.